The van der Waals surface area contributed by atoms with Crippen LogP contribution in [0.3, 0.4) is 0 Å². The molecular weight excluding hydrogens is 588 g/mol. The molecule has 5 rings (SSSR count). The maximum Gasteiger partial charge on any atom is 0.308 e. The molecule has 0 spiro atoms. The lowest BCUT2D eigenvalue weighted by Crippen LogP contribution is -2.45. The number of nitrogens with two attached hydrogens (primary N) is 1. The number of fused-ring (bicyclic) bond motifs is 1. The van der Waals surface area contributed by atoms with Gasteiger partial charge >= 0.3 is 5.97 Å². The molecule has 3 aliphatic rings. The van der Waals surface area contributed by atoms with Gasteiger partial charge in [0.1, 0.15) is 0 Å². The first-order valence-electron chi connectivity index (χ1n) is 15.2. The number of carbonyl (C=O) groups excluding carboxylic acids is 1. The third-order valence-electron chi connectivity index (χ3n) is 8.85. The van der Waals surface area contributed by atoms with E-state index >= 15 is 0 Å². The number of likely N-dealkylation sites (tertiary alicyclic amines) is 1. The second-order valence-electron chi connectivity index (χ2n) is 11.6. The lowest BCUT2D eigenvalue weighted by Gasteiger charge is -2.30. The van der Waals surface area contributed by atoms with Crippen LogP contribution in [0.5, 0.6) is 17.2 Å². The Hall–Kier alpha value is -3.39. The number of methoxy groups -OCH3 is 1. The smallest absolute Gasteiger partial charge is 0.308 e. The minimum absolute atomic E-state index is 0.0179. The molecule has 1 amide bonds. The number of carboxylic acid groups (broad SMARTS) is 1. The Morgan fingerprint density at radius 1 is 1.20 bits per heavy atom. The van der Waals surface area contributed by atoms with E-state index in [0.29, 0.717) is 48.9 Å². The molecule has 2 aromatic carbocycles. The molecule has 0 saturated carbocycles. The molecule has 3 aliphatic heterocycles. The largest absolute Gasteiger partial charge is 0.493 e. The first-order chi connectivity index (χ1) is 21.2. The number of ether oxygens (including phenoxy) is 3. The fourth-order valence-electron chi connectivity index (χ4n) is 6.60. The average molecular weight is 631 g/mol. The number of carboxylic acids is 1. The summed E-state index contributed by atoms with van der Waals surface area (Å²) < 4.78 is 43.3. The number of unbranched alkanes of at least 4 members (excludes halogenated alkanes) is 1. The standard InChI is InChI=1S/C31H42N4O8S/c1-3-4-11-35(23-8-5-7-21(14-23)17-32)28(36)19-33-18-24(22-15-26(41-2)30-27(16-22)42-20-43-30)29(31(37)38)25(33)9-12-34-10-6-13-44(34,39)40/h5,7-8,14-16,24-25,29H,3-4,6,9-13,17-20,32H2,1-2H3,(H,37,38)/t24-,25+,29-/m1/s1. The van der Waals surface area contributed by atoms with Crippen LogP contribution in [0.15, 0.2) is 36.4 Å². The molecule has 0 bridgehead atoms. The van der Waals surface area contributed by atoms with Crippen molar-refractivity contribution in [1.82, 2.24) is 9.21 Å². The van der Waals surface area contributed by atoms with Crippen molar-refractivity contribution in [2.24, 2.45) is 11.7 Å². The molecule has 0 unspecified atom stereocenters. The van der Waals surface area contributed by atoms with Gasteiger partial charge in [-0.1, -0.05) is 25.5 Å². The first kappa shape index (κ1) is 32.0. The van der Waals surface area contributed by atoms with Gasteiger partial charge in [0, 0.05) is 50.4 Å². The van der Waals surface area contributed by atoms with E-state index in [9.17, 15) is 23.1 Å². The Morgan fingerprint density at radius 3 is 2.70 bits per heavy atom. The van der Waals surface area contributed by atoms with Gasteiger partial charge < -0.3 is 30.0 Å². The third-order valence-corrected chi connectivity index (χ3v) is 10.8. The summed E-state index contributed by atoms with van der Waals surface area (Å²) in [6.07, 6.45) is 2.52. The number of benzene rings is 2. The van der Waals surface area contributed by atoms with E-state index in [-0.39, 0.29) is 44.5 Å². The van der Waals surface area contributed by atoms with Gasteiger partial charge in [-0.3, -0.25) is 14.5 Å². The average Bonchev–Trinajstić information content (AvgIpc) is 3.72. The van der Waals surface area contributed by atoms with Crippen LogP contribution in [-0.4, -0.2) is 93.0 Å². The topological polar surface area (TPSA) is 152 Å². The Labute approximate surface area is 258 Å². The van der Waals surface area contributed by atoms with Crippen molar-refractivity contribution in [3.63, 3.8) is 0 Å². The van der Waals surface area contributed by atoms with E-state index in [2.05, 4.69) is 6.92 Å². The van der Waals surface area contributed by atoms with Gasteiger partial charge in [-0.2, -0.15) is 0 Å². The lowest BCUT2D eigenvalue weighted by atomic mass is 9.84. The second kappa shape index (κ2) is 13.7. The van der Waals surface area contributed by atoms with E-state index in [1.165, 1.54) is 11.4 Å². The van der Waals surface area contributed by atoms with E-state index in [1.807, 2.05) is 29.2 Å². The van der Waals surface area contributed by atoms with Crippen molar-refractivity contribution in [2.45, 2.75) is 51.1 Å². The predicted octanol–water partition coefficient (Wildman–Crippen LogP) is 2.61. The molecule has 3 heterocycles. The van der Waals surface area contributed by atoms with E-state index in [0.717, 1.165) is 24.1 Å². The molecule has 0 aromatic heterocycles. The number of hydrogen-bond acceptors (Lipinski definition) is 9. The van der Waals surface area contributed by atoms with Crippen molar-refractivity contribution in [2.75, 3.05) is 57.3 Å². The van der Waals surface area contributed by atoms with Gasteiger partial charge in [-0.25, -0.2) is 12.7 Å². The normalized spacial score (nSPS) is 22.8. The van der Waals surface area contributed by atoms with Crippen LogP contribution < -0.4 is 24.8 Å². The van der Waals surface area contributed by atoms with Crippen LogP contribution in [-0.2, 0) is 26.2 Å². The van der Waals surface area contributed by atoms with Crippen LogP contribution in [0, 0.1) is 5.92 Å². The van der Waals surface area contributed by atoms with Crippen molar-refractivity contribution in [3.05, 3.63) is 47.5 Å². The second-order valence-corrected chi connectivity index (χ2v) is 13.6. The molecule has 0 radical (unpaired) electrons. The van der Waals surface area contributed by atoms with Crippen LogP contribution >= 0.6 is 0 Å². The van der Waals surface area contributed by atoms with Gasteiger partial charge in [0.25, 0.3) is 0 Å². The molecule has 3 N–H and O–H groups in total. The number of anilines is 1. The van der Waals surface area contributed by atoms with Crippen molar-refractivity contribution in [3.8, 4) is 17.2 Å². The molecule has 3 atom stereocenters. The van der Waals surface area contributed by atoms with Crippen molar-refractivity contribution in [1.29, 1.82) is 0 Å². The number of amides is 1. The molecular formula is C31H42N4O8S. The molecule has 13 heteroatoms. The fraction of sp³-hybridized carbons (Fsp3) is 0.548. The Balaban J connectivity index is 1.47. The van der Waals surface area contributed by atoms with Crippen LogP contribution in [0.25, 0.3) is 0 Å². The van der Waals surface area contributed by atoms with Gasteiger partial charge in [0.15, 0.2) is 11.5 Å². The monoisotopic (exact) mass is 630 g/mol. The minimum atomic E-state index is -3.37. The zero-order valence-electron chi connectivity index (χ0n) is 25.3. The number of rotatable bonds is 13. The lowest BCUT2D eigenvalue weighted by molar-refractivity contribution is -0.143. The number of hydrogen-bond donors (Lipinski definition) is 2. The van der Waals surface area contributed by atoms with E-state index in [1.54, 1.807) is 17.0 Å². The van der Waals surface area contributed by atoms with Crippen molar-refractivity contribution >= 4 is 27.6 Å². The molecule has 2 saturated heterocycles. The van der Waals surface area contributed by atoms with Crippen LogP contribution in [0.1, 0.15) is 49.7 Å². The highest BCUT2D eigenvalue weighted by Crippen LogP contribution is 2.47. The number of nitrogens with zero attached hydrogens (tertiary/aromatic N) is 3. The molecule has 240 valence electrons. The molecule has 44 heavy (non-hydrogen) atoms. The quantitative estimate of drug-likeness (QED) is 0.338. The van der Waals surface area contributed by atoms with Crippen LogP contribution in [0.2, 0.25) is 0 Å². The summed E-state index contributed by atoms with van der Waals surface area (Å²) in [5.74, 6) is -1.08. The van der Waals surface area contributed by atoms with Gasteiger partial charge in [0.05, 0.1) is 25.3 Å². The summed E-state index contributed by atoms with van der Waals surface area (Å²) in [5.41, 5.74) is 8.23. The van der Waals surface area contributed by atoms with E-state index in [4.69, 9.17) is 19.9 Å². The SMILES string of the molecule is CCCCN(C(=O)CN1C[C@H](c2cc(OC)c3c(c2)OCO3)[C@@H](C(=O)O)[C@@H]1CCN1CCCS1(=O)=O)c1cccc(CN)c1. The molecule has 2 aromatic rings. The first-order valence-corrected chi connectivity index (χ1v) is 16.8. The molecule has 12 nitrogen and oxygen atoms in total. The summed E-state index contributed by atoms with van der Waals surface area (Å²) in [4.78, 5) is 30.6. The zero-order chi connectivity index (χ0) is 31.4. The Morgan fingerprint density at radius 2 is 2.02 bits per heavy atom. The number of carbonyl (C=O) groups is 2. The molecule has 0 aliphatic carbocycles. The van der Waals surface area contributed by atoms with Crippen molar-refractivity contribution < 1.29 is 37.3 Å². The van der Waals surface area contributed by atoms with Gasteiger partial charge in [-0.05, 0) is 54.7 Å². The third kappa shape index (κ3) is 6.65. The Kier molecular flexibility index (Phi) is 9.98. The van der Waals surface area contributed by atoms with Gasteiger partial charge in [0.2, 0.25) is 28.5 Å². The minimum Gasteiger partial charge on any atom is -0.493 e. The fourth-order valence-corrected chi connectivity index (χ4v) is 8.14. The Bertz CT molecular complexity index is 1470. The maximum atomic E-state index is 14.0. The summed E-state index contributed by atoms with van der Waals surface area (Å²) in [7, 11) is -1.86. The molecule has 2 fully saturated rings. The summed E-state index contributed by atoms with van der Waals surface area (Å²) in [6.45, 7) is 3.83. The number of aliphatic carboxylic acids is 1. The summed E-state index contributed by atoms with van der Waals surface area (Å²) in [6, 6.07) is 10.6. The highest BCUT2D eigenvalue weighted by molar-refractivity contribution is 7.89. The predicted molar refractivity (Wildman–Crippen MR) is 165 cm³/mol. The number of sulfonamides is 1. The zero-order valence-corrected chi connectivity index (χ0v) is 26.1. The van der Waals surface area contributed by atoms with Gasteiger partial charge in [-0.15, -0.1) is 0 Å². The highest BCUT2D eigenvalue weighted by atomic mass is 32.2. The van der Waals surface area contributed by atoms with Crippen LogP contribution in [0.4, 0.5) is 5.69 Å². The maximum absolute atomic E-state index is 14.0. The summed E-state index contributed by atoms with van der Waals surface area (Å²) in [5, 5.41) is 10.6. The van der Waals surface area contributed by atoms with E-state index < -0.39 is 33.9 Å². The summed E-state index contributed by atoms with van der Waals surface area (Å²) >= 11 is 0. The highest BCUT2D eigenvalue weighted by Gasteiger charge is 2.48.